The summed E-state index contributed by atoms with van der Waals surface area (Å²) < 4.78 is 37.4. The van der Waals surface area contributed by atoms with Gasteiger partial charge in [-0.05, 0) is 13.0 Å². The van der Waals surface area contributed by atoms with E-state index in [1.165, 1.54) is 0 Å². The summed E-state index contributed by atoms with van der Waals surface area (Å²) >= 11 is 5.89. The van der Waals surface area contributed by atoms with E-state index in [1.807, 2.05) is 11.8 Å². The van der Waals surface area contributed by atoms with Gasteiger partial charge in [-0.15, -0.1) is 0 Å². The topological polar surface area (TPSA) is 28.2 Å². The first-order valence-corrected chi connectivity index (χ1v) is 5.97. The molecule has 1 unspecified atom stereocenters. The molecule has 0 spiro atoms. The molecule has 2 rings (SSSR count). The standard InChI is InChI=1S/C11H13ClF3N3/c1-7-6-18(3-2-16-7)10-9(12)4-8(5-17-10)11(13,14)15/h4-5,7,16H,2-3,6H2,1H3. The van der Waals surface area contributed by atoms with Crippen molar-refractivity contribution in [2.75, 3.05) is 24.5 Å². The highest BCUT2D eigenvalue weighted by Crippen LogP contribution is 2.33. The van der Waals surface area contributed by atoms with E-state index in [0.29, 0.717) is 18.9 Å². The maximum absolute atomic E-state index is 12.5. The van der Waals surface area contributed by atoms with Crippen LogP contribution in [0.25, 0.3) is 0 Å². The number of nitrogens with one attached hydrogen (secondary N) is 1. The molecule has 1 aromatic rings. The van der Waals surface area contributed by atoms with Gasteiger partial charge in [0, 0.05) is 31.9 Å². The summed E-state index contributed by atoms with van der Waals surface area (Å²) in [6, 6.07) is 1.19. The van der Waals surface area contributed by atoms with E-state index in [9.17, 15) is 13.2 Å². The Morgan fingerprint density at radius 3 is 2.78 bits per heavy atom. The van der Waals surface area contributed by atoms with Crippen LogP contribution in [0.2, 0.25) is 5.02 Å². The van der Waals surface area contributed by atoms with E-state index in [4.69, 9.17) is 11.6 Å². The molecule has 1 aromatic heterocycles. The van der Waals surface area contributed by atoms with Crippen LogP contribution in [0.4, 0.5) is 19.0 Å². The molecule has 1 atom stereocenters. The summed E-state index contributed by atoms with van der Waals surface area (Å²) in [5.74, 6) is 0.415. The van der Waals surface area contributed by atoms with E-state index >= 15 is 0 Å². The second kappa shape index (κ2) is 4.93. The summed E-state index contributed by atoms with van der Waals surface area (Å²) in [6.07, 6.45) is -3.58. The number of hydrogen-bond acceptors (Lipinski definition) is 3. The van der Waals surface area contributed by atoms with Crippen molar-refractivity contribution in [3.63, 3.8) is 0 Å². The van der Waals surface area contributed by atoms with Crippen molar-refractivity contribution >= 4 is 17.4 Å². The second-order valence-corrected chi connectivity index (χ2v) is 4.74. The third-order valence-corrected chi connectivity index (χ3v) is 3.10. The third-order valence-electron chi connectivity index (χ3n) is 2.82. The molecule has 0 aromatic carbocycles. The fourth-order valence-electron chi connectivity index (χ4n) is 1.94. The zero-order chi connectivity index (χ0) is 13.3. The zero-order valence-corrected chi connectivity index (χ0v) is 10.5. The van der Waals surface area contributed by atoms with E-state index in [2.05, 4.69) is 10.3 Å². The Hall–Kier alpha value is -1.01. The third kappa shape index (κ3) is 2.87. The molecule has 1 aliphatic rings. The minimum Gasteiger partial charge on any atom is -0.353 e. The largest absolute Gasteiger partial charge is 0.417 e. The van der Waals surface area contributed by atoms with Gasteiger partial charge >= 0.3 is 6.18 Å². The van der Waals surface area contributed by atoms with Crippen molar-refractivity contribution in [3.05, 3.63) is 22.8 Å². The highest BCUT2D eigenvalue weighted by Gasteiger charge is 2.32. The van der Waals surface area contributed by atoms with Crippen LogP contribution >= 0.6 is 11.6 Å². The fourth-order valence-corrected chi connectivity index (χ4v) is 2.23. The molecule has 1 aliphatic heterocycles. The monoisotopic (exact) mass is 279 g/mol. The number of anilines is 1. The lowest BCUT2D eigenvalue weighted by atomic mass is 10.2. The fraction of sp³-hybridized carbons (Fsp3) is 0.545. The van der Waals surface area contributed by atoms with Crippen LogP contribution in [0.3, 0.4) is 0 Å². The Bertz CT molecular complexity index is 436. The Morgan fingerprint density at radius 2 is 2.22 bits per heavy atom. The summed E-state index contributed by atoms with van der Waals surface area (Å²) in [5.41, 5.74) is -0.820. The number of pyridine rings is 1. The van der Waals surface area contributed by atoms with Gasteiger partial charge in [0.1, 0.15) is 5.82 Å². The Kier molecular flexibility index (Phi) is 3.68. The van der Waals surface area contributed by atoms with Crippen LogP contribution < -0.4 is 10.2 Å². The van der Waals surface area contributed by atoms with Gasteiger partial charge in [-0.3, -0.25) is 0 Å². The van der Waals surface area contributed by atoms with Crippen molar-refractivity contribution in [2.45, 2.75) is 19.1 Å². The molecule has 0 saturated carbocycles. The van der Waals surface area contributed by atoms with Crippen LogP contribution in [0.15, 0.2) is 12.3 Å². The maximum Gasteiger partial charge on any atom is 0.417 e. The van der Waals surface area contributed by atoms with Gasteiger partial charge in [0.15, 0.2) is 0 Å². The molecule has 1 N–H and O–H groups in total. The minimum absolute atomic E-state index is 0.0407. The van der Waals surface area contributed by atoms with E-state index in [-0.39, 0.29) is 11.1 Å². The van der Waals surface area contributed by atoms with Gasteiger partial charge in [-0.2, -0.15) is 13.2 Å². The molecular weight excluding hydrogens is 267 g/mol. The number of piperazine rings is 1. The lowest BCUT2D eigenvalue weighted by Gasteiger charge is -2.33. The molecule has 2 heterocycles. The smallest absolute Gasteiger partial charge is 0.353 e. The highest BCUT2D eigenvalue weighted by atomic mass is 35.5. The lowest BCUT2D eigenvalue weighted by molar-refractivity contribution is -0.137. The zero-order valence-electron chi connectivity index (χ0n) is 9.76. The predicted molar refractivity (Wildman–Crippen MR) is 63.9 cm³/mol. The maximum atomic E-state index is 12.5. The Labute approximate surface area is 108 Å². The average Bonchev–Trinajstić information content (AvgIpc) is 2.27. The Morgan fingerprint density at radius 1 is 1.50 bits per heavy atom. The van der Waals surface area contributed by atoms with Crippen LogP contribution in [0, 0.1) is 0 Å². The van der Waals surface area contributed by atoms with Crippen LogP contribution in [0.1, 0.15) is 12.5 Å². The first-order valence-electron chi connectivity index (χ1n) is 5.59. The predicted octanol–water partition coefficient (Wildman–Crippen LogP) is 2.55. The van der Waals surface area contributed by atoms with Crippen molar-refractivity contribution in [1.82, 2.24) is 10.3 Å². The van der Waals surface area contributed by atoms with Crippen LogP contribution in [0.5, 0.6) is 0 Å². The number of alkyl halides is 3. The summed E-state index contributed by atoms with van der Waals surface area (Å²) in [6.45, 7) is 4.13. The van der Waals surface area contributed by atoms with Crippen molar-refractivity contribution in [1.29, 1.82) is 0 Å². The first kappa shape index (κ1) is 13.4. The highest BCUT2D eigenvalue weighted by molar-refractivity contribution is 6.33. The summed E-state index contributed by atoms with van der Waals surface area (Å²) in [7, 11) is 0. The van der Waals surface area contributed by atoms with E-state index < -0.39 is 11.7 Å². The second-order valence-electron chi connectivity index (χ2n) is 4.33. The van der Waals surface area contributed by atoms with Gasteiger partial charge in [0.2, 0.25) is 0 Å². The van der Waals surface area contributed by atoms with Gasteiger partial charge in [0.05, 0.1) is 10.6 Å². The first-order chi connectivity index (χ1) is 8.38. The molecule has 100 valence electrons. The van der Waals surface area contributed by atoms with Gasteiger partial charge in [0.25, 0.3) is 0 Å². The molecule has 18 heavy (non-hydrogen) atoms. The minimum atomic E-state index is -4.41. The van der Waals surface area contributed by atoms with Crippen molar-refractivity contribution in [2.24, 2.45) is 0 Å². The number of aromatic nitrogens is 1. The van der Waals surface area contributed by atoms with E-state index in [1.54, 1.807) is 0 Å². The SMILES string of the molecule is CC1CN(c2ncc(C(F)(F)F)cc2Cl)CCN1. The molecular formula is C11H13ClF3N3. The summed E-state index contributed by atoms with van der Waals surface area (Å²) in [5, 5.41) is 3.28. The number of halogens is 4. The quantitative estimate of drug-likeness (QED) is 0.856. The lowest BCUT2D eigenvalue weighted by Crippen LogP contribution is -2.49. The molecule has 7 heteroatoms. The van der Waals surface area contributed by atoms with Gasteiger partial charge in [-0.1, -0.05) is 11.6 Å². The van der Waals surface area contributed by atoms with Crippen LogP contribution in [-0.2, 0) is 6.18 Å². The molecule has 1 saturated heterocycles. The molecule has 0 radical (unpaired) electrons. The summed E-state index contributed by atoms with van der Waals surface area (Å²) in [4.78, 5) is 5.74. The van der Waals surface area contributed by atoms with Gasteiger partial charge < -0.3 is 10.2 Å². The number of nitrogens with zero attached hydrogens (tertiary/aromatic N) is 2. The molecule has 1 fully saturated rings. The molecule has 0 aliphatic carbocycles. The molecule has 3 nitrogen and oxygen atoms in total. The van der Waals surface area contributed by atoms with E-state index in [0.717, 1.165) is 18.8 Å². The Balaban J connectivity index is 2.24. The number of rotatable bonds is 1. The average molecular weight is 280 g/mol. The van der Waals surface area contributed by atoms with Crippen molar-refractivity contribution in [3.8, 4) is 0 Å². The number of hydrogen-bond donors (Lipinski definition) is 1. The molecule has 0 bridgehead atoms. The van der Waals surface area contributed by atoms with Gasteiger partial charge in [-0.25, -0.2) is 4.98 Å². The normalized spacial score (nSPS) is 21.2. The van der Waals surface area contributed by atoms with Crippen LogP contribution in [-0.4, -0.2) is 30.7 Å². The van der Waals surface area contributed by atoms with Crippen molar-refractivity contribution < 1.29 is 13.2 Å². The molecule has 0 amide bonds.